The summed E-state index contributed by atoms with van der Waals surface area (Å²) in [6.07, 6.45) is 0. The number of hydrogen-bond donors (Lipinski definition) is 2. The molecule has 0 saturated carbocycles. The average molecular weight is 464 g/mol. The lowest BCUT2D eigenvalue weighted by Gasteiger charge is -2.26. The van der Waals surface area contributed by atoms with E-state index in [9.17, 15) is 9.18 Å². The van der Waals surface area contributed by atoms with Crippen LogP contribution in [0.15, 0.2) is 54.6 Å². The third-order valence-corrected chi connectivity index (χ3v) is 6.04. The molecule has 3 aromatic rings. The number of benzene rings is 3. The number of anilines is 3. The van der Waals surface area contributed by atoms with Gasteiger partial charge in [-0.2, -0.15) is 0 Å². The molecule has 7 nitrogen and oxygen atoms in total. The Labute approximate surface area is 197 Å². The number of ether oxygens (including phenoxy) is 3. The molecule has 0 unspecified atom stereocenters. The zero-order valence-electron chi connectivity index (χ0n) is 18.7. The second-order valence-corrected chi connectivity index (χ2v) is 8.27. The van der Waals surface area contributed by atoms with E-state index in [0.717, 1.165) is 38.4 Å². The number of nitrogens with zero attached hydrogens (tertiary/aromatic N) is 1. The van der Waals surface area contributed by atoms with Gasteiger partial charge in [0.25, 0.3) is 0 Å². The molecule has 0 aromatic heterocycles. The Morgan fingerprint density at radius 1 is 1.06 bits per heavy atom. The summed E-state index contributed by atoms with van der Waals surface area (Å²) in [5, 5.41) is 3.16. The van der Waals surface area contributed by atoms with Crippen molar-refractivity contribution in [2.45, 2.75) is 6.61 Å². The first-order chi connectivity index (χ1) is 16.6. The van der Waals surface area contributed by atoms with Crippen molar-refractivity contribution in [3.63, 3.8) is 0 Å². The van der Waals surface area contributed by atoms with Gasteiger partial charge in [0.2, 0.25) is 0 Å². The van der Waals surface area contributed by atoms with Gasteiger partial charge in [0.1, 0.15) is 30.5 Å². The lowest BCUT2D eigenvalue weighted by atomic mass is 9.98. The second-order valence-electron chi connectivity index (χ2n) is 8.27. The smallest absolute Gasteiger partial charge is 0.197 e. The number of hydrogen-bond acceptors (Lipinski definition) is 7. The van der Waals surface area contributed by atoms with E-state index in [1.54, 1.807) is 30.3 Å². The fourth-order valence-electron chi connectivity index (χ4n) is 4.18. The van der Waals surface area contributed by atoms with Crippen molar-refractivity contribution < 1.29 is 23.4 Å². The van der Waals surface area contributed by atoms with Crippen LogP contribution in [-0.4, -0.2) is 50.1 Å². The minimum absolute atomic E-state index is 0.117. The number of nitrogens with one attached hydrogen (secondary N) is 1. The fraction of sp³-hybridized carbons (Fsp3) is 0.269. The molecule has 176 valence electrons. The maximum absolute atomic E-state index is 13.4. The molecule has 0 amide bonds. The largest absolute Gasteiger partial charge is 0.492 e. The van der Waals surface area contributed by atoms with Crippen molar-refractivity contribution in [3.05, 3.63) is 77.1 Å². The standard InChI is InChI=1S/C26H26FN3O4/c27-17-4-7-23(22(28)14-17)29-18-5-6-20-25(15-18)34-16-21-19(26(20)31)2-1-3-24(21)33-13-10-30-8-11-32-12-9-30/h1-7,14-15,29H,8-13,16,28H2. The minimum Gasteiger partial charge on any atom is -0.492 e. The number of halogens is 1. The van der Waals surface area contributed by atoms with E-state index >= 15 is 0 Å². The van der Waals surface area contributed by atoms with Gasteiger partial charge in [-0.1, -0.05) is 12.1 Å². The second kappa shape index (κ2) is 9.70. The van der Waals surface area contributed by atoms with Crippen molar-refractivity contribution in [3.8, 4) is 11.5 Å². The highest BCUT2D eigenvalue weighted by Crippen LogP contribution is 2.35. The van der Waals surface area contributed by atoms with Crippen LogP contribution in [-0.2, 0) is 11.3 Å². The molecule has 0 aliphatic carbocycles. The summed E-state index contributed by atoms with van der Waals surface area (Å²) in [5.41, 5.74) is 9.23. The molecule has 2 aliphatic heterocycles. The molecule has 2 heterocycles. The van der Waals surface area contributed by atoms with Gasteiger partial charge >= 0.3 is 0 Å². The quantitative estimate of drug-likeness (QED) is 0.535. The van der Waals surface area contributed by atoms with Crippen LogP contribution in [0, 0.1) is 5.82 Å². The summed E-state index contributed by atoms with van der Waals surface area (Å²) in [6, 6.07) is 14.9. The fourth-order valence-corrected chi connectivity index (χ4v) is 4.18. The van der Waals surface area contributed by atoms with E-state index in [2.05, 4.69) is 10.2 Å². The van der Waals surface area contributed by atoms with Crippen LogP contribution in [0.2, 0.25) is 0 Å². The van der Waals surface area contributed by atoms with Crippen LogP contribution in [0.1, 0.15) is 21.5 Å². The monoisotopic (exact) mass is 463 g/mol. The molecular formula is C26H26FN3O4. The highest BCUT2D eigenvalue weighted by Gasteiger charge is 2.25. The number of fused-ring (bicyclic) bond motifs is 2. The van der Waals surface area contributed by atoms with E-state index in [1.807, 2.05) is 12.1 Å². The predicted octanol–water partition coefficient (Wildman–Crippen LogP) is 3.99. The molecule has 3 N–H and O–H groups in total. The maximum Gasteiger partial charge on any atom is 0.197 e. The predicted molar refractivity (Wildman–Crippen MR) is 127 cm³/mol. The Morgan fingerprint density at radius 2 is 1.91 bits per heavy atom. The molecule has 0 atom stereocenters. The lowest BCUT2D eigenvalue weighted by Crippen LogP contribution is -2.38. The van der Waals surface area contributed by atoms with Crippen molar-refractivity contribution in [1.82, 2.24) is 4.90 Å². The topological polar surface area (TPSA) is 86.1 Å². The van der Waals surface area contributed by atoms with Crippen molar-refractivity contribution >= 4 is 22.8 Å². The molecule has 3 aromatic carbocycles. The normalized spacial score (nSPS) is 15.6. The van der Waals surface area contributed by atoms with Crippen molar-refractivity contribution in [1.29, 1.82) is 0 Å². The summed E-state index contributed by atoms with van der Waals surface area (Å²) >= 11 is 0. The summed E-state index contributed by atoms with van der Waals surface area (Å²) in [5.74, 6) is 0.601. The van der Waals surface area contributed by atoms with Crippen LogP contribution < -0.4 is 20.5 Å². The highest BCUT2D eigenvalue weighted by molar-refractivity contribution is 6.12. The summed E-state index contributed by atoms with van der Waals surface area (Å²) in [4.78, 5) is 15.6. The van der Waals surface area contributed by atoms with Gasteiger partial charge in [0.15, 0.2) is 5.78 Å². The summed E-state index contributed by atoms with van der Waals surface area (Å²) in [6.45, 7) is 4.80. The molecule has 0 radical (unpaired) electrons. The first-order valence-electron chi connectivity index (χ1n) is 11.3. The number of carbonyl (C=O) groups is 1. The lowest BCUT2D eigenvalue weighted by molar-refractivity contribution is 0.0321. The Hall–Kier alpha value is -3.62. The molecule has 8 heteroatoms. The third kappa shape index (κ3) is 4.69. The highest BCUT2D eigenvalue weighted by atomic mass is 19.1. The Morgan fingerprint density at radius 3 is 2.74 bits per heavy atom. The van der Waals surface area contributed by atoms with E-state index in [1.165, 1.54) is 12.1 Å². The SMILES string of the molecule is Nc1cc(F)ccc1Nc1ccc2c(c1)OCc1c(OCCN3CCOCC3)cccc1C2=O. The first kappa shape index (κ1) is 22.2. The van der Waals surface area contributed by atoms with E-state index in [0.29, 0.717) is 46.3 Å². The van der Waals surface area contributed by atoms with Crippen LogP contribution in [0.3, 0.4) is 0 Å². The van der Waals surface area contributed by atoms with Gasteiger partial charge in [-0.05, 0) is 36.4 Å². The van der Waals surface area contributed by atoms with Crippen molar-refractivity contribution in [2.75, 3.05) is 50.5 Å². The van der Waals surface area contributed by atoms with Gasteiger partial charge in [0.05, 0.1) is 30.2 Å². The minimum atomic E-state index is -0.403. The molecule has 0 spiro atoms. The maximum atomic E-state index is 13.4. The molecule has 0 bridgehead atoms. The van der Waals surface area contributed by atoms with Crippen LogP contribution >= 0.6 is 0 Å². The molecule has 2 aliphatic rings. The third-order valence-electron chi connectivity index (χ3n) is 6.04. The number of nitrogens with two attached hydrogens (primary N) is 1. The van der Waals surface area contributed by atoms with Crippen LogP contribution in [0.4, 0.5) is 21.5 Å². The van der Waals surface area contributed by atoms with Crippen molar-refractivity contribution in [2.24, 2.45) is 0 Å². The van der Waals surface area contributed by atoms with Crippen LogP contribution in [0.25, 0.3) is 0 Å². The van der Waals surface area contributed by atoms with Gasteiger partial charge in [0, 0.05) is 42.5 Å². The van der Waals surface area contributed by atoms with E-state index in [-0.39, 0.29) is 12.4 Å². The number of carbonyl (C=O) groups excluding carboxylic acids is 1. The number of nitrogen functional groups attached to an aromatic ring is 1. The zero-order valence-corrected chi connectivity index (χ0v) is 18.7. The van der Waals surface area contributed by atoms with Crippen LogP contribution in [0.5, 0.6) is 11.5 Å². The first-order valence-corrected chi connectivity index (χ1v) is 11.3. The number of rotatable bonds is 6. The molecule has 5 rings (SSSR count). The number of ketones is 1. The van der Waals surface area contributed by atoms with E-state index in [4.69, 9.17) is 19.9 Å². The Kier molecular flexibility index (Phi) is 6.33. The van der Waals surface area contributed by atoms with Gasteiger partial charge in [-0.15, -0.1) is 0 Å². The van der Waals surface area contributed by atoms with Gasteiger partial charge in [-0.25, -0.2) is 4.39 Å². The average Bonchev–Trinajstić information content (AvgIpc) is 2.98. The molecule has 1 fully saturated rings. The molecule has 34 heavy (non-hydrogen) atoms. The zero-order chi connectivity index (χ0) is 23.5. The summed E-state index contributed by atoms with van der Waals surface area (Å²) < 4.78 is 30.9. The number of morpholine rings is 1. The van der Waals surface area contributed by atoms with E-state index < -0.39 is 5.82 Å². The van der Waals surface area contributed by atoms with Gasteiger partial charge in [-0.3, -0.25) is 9.69 Å². The Bertz CT molecular complexity index is 1210. The molecule has 1 saturated heterocycles. The van der Waals surface area contributed by atoms with Gasteiger partial charge < -0.3 is 25.3 Å². The Balaban J connectivity index is 1.33. The molecular weight excluding hydrogens is 437 g/mol. The summed E-state index contributed by atoms with van der Waals surface area (Å²) in [7, 11) is 0.